The van der Waals surface area contributed by atoms with Crippen LogP contribution in [0.3, 0.4) is 0 Å². The minimum Gasteiger partial charge on any atom is -0.166 e. The molecule has 0 aliphatic heterocycles. The Labute approximate surface area is 131 Å². The van der Waals surface area contributed by atoms with Gasteiger partial charge in [-0.1, -0.05) is 18.2 Å². The summed E-state index contributed by atoms with van der Waals surface area (Å²) in [6, 6.07) is 9.38. The molecule has 0 saturated carbocycles. The number of aryl methyl sites for hydroxylation is 1. The Morgan fingerprint density at radius 2 is 1.81 bits per heavy atom. The Morgan fingerprint density at radius 3 is 2.38 bits per heavy atom. The Balaban J connectivity index is 1.78. The Kier molecular flexibility index (Phi) is 5.71. The summed E-state index contributed by atoms with van der Waals surface area (Å²) in [6.45, 7) is 0. The molecule has 2 aromatic rings. The lowest BCUT2D eigenvalue weighted by Crippen LogP contribution is -2.07. The maximum absolute atomic E-state index is 12.5. The third-order valence-corrected chi connectivity index (χ3v) is 4.57. The Morgan fingerprint density at radius 1 is 1.10 bits per heavy atom. The van der Waals surface area contributed by atoms with Gasteiger partial charge in [-0.05, 0) is 54.8 Å². The van der Waals surface area contributed by atoms with Crippen molar-refractivity contribution < 1.29 is 13.2 Å². The predicted octanol–water partition coefficient (Wildman–Crippen LogP) is 5.94. The average molecular weight is 333 g/mol. The van der Waals surface area contributed by atoms with E-state index in [2.05, 4.69) is 11.4 Å². The van der Waals surface area contributed by atoms with E-state index in [1.54, 1.807) is 11.3 Å². The van der Waals surface area contributed by atoms with E-state index >= 15 is 0 Å². The monoisotopic (exact) mass is 332 g/mol. The van der Waals surface area contributed by atoms with Crippen LogP contribution in [0.5, 0.6) is 0 Å². The van der Waals surface area contributed by atoms with Gasteiger partial charge in [-0.2, -0.15) is 13.2 Å². The zero-order valence-corrected chi connectivity index (χ0v) is 12.9. The second kappa shape index (κ2) is 7.32. The molecule has 1 aromatic carbocycles. The van der Waals surface area contributed by atoms with E-state index in [1.165, 1.54) is 17.0 Å². The number of hydrogen-bond acceptors (Lipinski definition) is 1. The lowest BCUT2D eigenvalue weighted by atomic mass is 10.0. The molecule has 0 N–H and O–H groups in total. The second-order valence-electron chi connectivity index (χ2n) is 4.97. The van der Waals surface area contributed by atoms with E-state index in [4.69, 9.17) is 11.6 Å². The highest BCUT2D eigenvalue weighted by molar-refractivity contribution is 7.09. The SMILES string of the molecule is FC(F)(F)c1ccc(CC(Cl)CCCc2cccs2)cc1. The largest absolute Gasteiger partial charge is 0.416 e. The second-order valence-corrected chi connectivity index (χ2v) is 6.62. The van der Waals surface area contributed by atoms with E-state index < -0.39 is 11.7 Å². The smallest absolute Gasteiger partial charge is 0.166 e. The first-order valence-electron chi connectivity index (χ1n) is 6.78. The van der Waals surface area contributed by atoms with E-state index in [1.807, 2.05) is 6.07 Å². The van der Waals surface area contributed by atoms with Crippen molar-refractivity contribution in [3.05, 3.63) is 57.8 Å². The fraction of sp³-hybridized carbons (Fsp3) is 0.375. The molecule has 21 heavy (non-hydrogen) atoms. The number of rotatable bonds is 6. The molecule has 0 aliphatic carbocycles. The topological polar surface area (TPSA) is 0 Å². The summed E-state index contributed by atoms with van der Waals surface area (Å²) >= 11 is 8.00. The van der Waals surface area contributed by atoms with Crippen molar-refractivity contribution >= 4 is 22.9 Å². The van der Waals surface area contributed by atoms with Gasteiger partial charge in [0.2, 0.25) is 0 Å². The van der Waals surface area contributed by atoms with Crippen LogP contribution < -0.4 is 0 Å². The summed E-state index contributed by atoms with van der Waals surface area (Å²) < 4.78 is 37.4. The van der Waals surface area contributed by atoms with Crippen molar-refractivity contribution in [1.82, 2.24) is 0 Å². The highest BCUT2D eigenvalue weighted by Crippen LogP contribution is 2.29. The first kappa shape index (κ1) is 16.4. The van der Waals surface area contributed by atoms with Crippen LogP contribution in [0.1, 0.15) is 28.8 Å². The zero-order valence-electron chi connectivity index (χ0n) is 11.4. The van der Waals surface area contributed by atoms with Gasteiger partial charge in [0.25, 0.3) is 0 Å². The molecule has 0 saturated heterocycles. The van der Waals surface area contributed by atoms with Crippen molar-refractivity contribution in [2.45, 2.75) is 37.2 Å². The maximum Gasteiger partial charge on any atom is 0.416 e. The third-order valence-electron chi connectivity index (χ3n) is 3.26. The molecule has 2 rings (SSSR count). The molecule has 1 atom stereocenters. The van der Waals surface area contributed by atoms with Crippen LogP contribution in [0.2, 0.25) is 0 Å². The minimum atomic E-state index is -4.28. The Bertz CT molecular complexity index is 532. The lowest BCUT2D eigenvalue weighted by molar-refractivity contribution is -0.137. The quantitative estimate of drug-likeness (QED) is 0.574. The highest BCUT2D eigenvalue weighted by atomic mass is 35.5. The standard InChI is InChI=1S/C16H16ClF3S/c17-14(3-1-4-15-5-2-10-21-15)11-12-6-8-13(9-7-12)16(18,19)20/h2,5-10,14H,1,3-4,11H2. The van der Waals surface area contributed by atoms with Gasteiger partial charge in [-0.3, -0.25) is 0 Å². The normalized spacial score (nSPS) is 13.3. The fourth-order valence-electron chi connectivity index (χ4n) is 2.14. The van der Waals surface area contributed by atoms with Crippen LogP contribution >= 0.6 is 22.9 Å². The lowest BCUT2D eigenvalue weighted by Gasteiger charge is -2.11. The third kappa shape index (κ3) is 5.36. The van der Waals surface area contributed by atoms with Crippen molar-refractivity contribution in [2.75, 3.05) is 0 Å². The van der Waals surface area contributed by atoms with Gasteiger partial charge in [0.1, 0.15) is 0 Å². The highest BCUT2D eigenvalue weighted by Gasteiger charge is 2.29. The van der Waals surface area contributed by atoms with E-state index in [-0.39, 0.29) is 5.38 Å². The summed E-state index contributed by atoms with van der Waals surface area (Å²) in [5.41, 5.74) is 0.231. The minimum absolute atomic E-state index is 0.0401. The number of thiophene rings is 1. The van der Waals surface area contributed by atoms with Crippen LogP contribution in [-0.2, 0) is 19.0 Å². The molecule has 0 nitrogen and oxygen atoms in total. The molecule has 1 unspecified atom stereocenters. The van der Waals surface area contributed by atoms with Gasteiger partial charge in [0, 0.05) is 10.3 Å². The predicted molar refractivity (Wildman–Crippen MR) is 82.0 cm³/mol. The molecule has 1 heterocycles. The molecule has 0 bridgehead atoms. The van der Waals surface area contributed by atoms with Gasteiger partial charge < -0.3 is 0 Å². The number of hydrogen-bond donors (Lipinski definition) is 0. The van der Waals surface area contributed by atoms with Gasteiger partial charge in [0.05, 0.1) is 5.56 Å². The van der Waals surface area contributed by atoms with Crippen LogP contribution in [0.15, 0.2) is 41.8 Å². The van der Waals surface area contributed by atoms with Crippen LogP contribution in [0.25, 0.3) is 0 Å². The van der Waals surface area contributed by atoms with Gasteiger partial charge in [0.15, 0.2) is 0 Å². The molecular formula is C16H16ClF3S. The van der Waals surface area contributed by atoms with Crippen LogP contribution in [0.4, 0.5) is 13.2 Å². The van der Waals surface area contributed by atoms with E-state index in [0.717, 1.165) is 37.0 Å². The molecule has 0 spiro atoms. The maximum atomic E-state index is 12.5. The number of halogens is 4. The van der Waals surface area contributed by atoms with Crippen LogP contribution in [0, 0.1) is 0 Å². The fourth-order valence-corrected chi connectivity index (χ4v) is 3.22. The number of alkyl halides is 4. The summed E-state index contributed by atoms with van der Waals surface area (Å²) in [7, 11) is 0. The zero-order chi connectivity index (χ0) is 15.3. The molecule has 0 radical (unpaired) electrons. The summed E-state index contributed by atoms with van der Waals surface area (Å²) in [4.78, 5) is 1.34. The first-order valence-corrected chi connectivity index (χ1v) is 8.09. The molecule has 1 aromatic heterocycles. The van der Waals surface area contributed by atoms with Gasteiger partial charge in [-0.15, -0.1) is 22.9 Å². The van der Waals surface area contributed by atoms with Crippen molar-refractivity contribution in [2.24, 2.45) is 0 Å². The summed E-state index contributed by atoms with van der Waals surface area (Å²) in [5.74, 6) is 0. The van der Waals surface area contributed by atoms with Gasteiger partial charge >= 0.3 is 6.18 Å². The van der Waals surface area contributed by atoms with Crippen molar-refractivity contribution in [3.8, 4) is 0 Å². The molecule has 5 heteroatoms. The van der Waals surface area contributed by atoms with E-state index in [0.29, 0.717) is 6.42 Å². The summed E-state index contributed by atoms with van der Waals surface area (Å²) in [5, 5.41) is 2.01. The van der Waals surface area contributed by atoms with Crippen LogP contribution in [-0.4, -0.2) is 5.38 Å². The van der Waals surface area contributed by atoms with Gasteiger partial charge in [-0.25, -0.2) is 0 Å². The Hall–Kier alpha value is -1.00. The molecule has 0 fully saturated rings. The van der Waals surface area contributed by atoms with E-state index in [9.17, 15) is 13.2 Å². The summed E-state index contributed by atoms with van der Waals surface area (Å²) in [6.07, 6.45) is -0.812. The number of benzene rings is 1. The first-order chi connectivity index (χ1) is 9.95. The molecular weight excluding hydrogens is 317 g/mol. The van der Waals surface area contributed by atoms with Crippen molar-refractivity contribution in [1.29, 1.82) is 0 Å². The molecule has 0 amide bonds. The molecule has 0 aliphatic rings. The van der Waals surface area contributed by atoms with Crippen molar-refractivity contribution in [3.63, 3.8) is 0 Å². The molecule has 114 valence electrons. The average Bonchev–Trinajstić information content (AvgIpc) is 2.91.